The number of amides is 2. The van der Waals surface area contributed by atoms with Crippen LogP contribution in [0.15, 0.2) is 30.6 Å². The topological polar surface area (TPSA) is 89.9 Å². The maximum absolute atomic E-state index is 12.6. The highest BCUT2D eigenvalue weighted by Crippen LogP contribution is 2.35. The Balaban J connectivity index is 1.30. The molecule has 8 nitrogen and oxygen atoms in total. The summed E-state index contributed by atoms with van der Waals surface area (Å²) < 4.78 is 0. The minimum absolute atomic E-state index is 0.0900. The van der Waals surface area contributed by atoms with E-state index in [1.165, 1.54) is 4.90 Å². The van der Waals surface area contributed by atoms with Gasteiger partial charge in [0.15, 0.2) is 0 Å². The van der Waals surface area contributed by atoms with Crippen molar-refractivity contribution in [3.05, 3.63) is 30.6 Å². The van der Waals surface area contributed by atoms with E-state index in [-0.39, 0.29) is 30.2 Å². The predicted octanol–water partition coefficient (Wildman–Crippen LogP) is 0.301. The molecule has 1 aromatic heterocycles. The standard InChI is InChI=1S/C20H27N5O3/c26-15(14-25-18(27)16-5-1-2-6-17(16)19(25)28)13-23-9-4-10-24(12-11-23)20-21-7-3-8-22-20/h1-3,7-8,15-17,26H,4-6,9-14H2/t15?,16-,17+. The van der Waals surface area contributed by atoms with Gasteiger partial charge in [0.2, 0.25) is 17.8 Å². The normalized spacial score (nSPS) is 27.0. The lowest BCUT2D eigenvalue weighted by Crippen LogP contribution is -2.44. The number of hydrogen-bond donors (Lipinski definition) is 1. The van der Waals surface area contributed by atoms with Gasteiger partial charge in [-0.1, -0.05) is 12.2 Å². The molecule has 3 atom stereocenters. The smallest absolute Gasteiger partial charge is 0.233 e. The predicted molar refractivity (Wildman–Crippen MR) is 103 cm³/mol. The van der Waals surface area contributed by atoms with Gasteiger partial charge in [0.05, 0.1) is 24.5 Å². The first-order valence-electron chi connectivity index (χ1n) is 10.1. The molecule has 2 fully saturated rings. The van der Waals surface area contributed by atoms with Gasteiger partial charge in [-0.2, -0.15) is 0 Å². The maximum Gasteiger partial charge on any atom is 0.233 e. The van der Waals surface area contributed by atoms with Crippen molar-refractivity contribution in [1.29, 1.82) is 0 Å². The highest BCUT2D eigenvalue weighted by atomic mass is 16.3. The summed E-state index contributed by atoms with van der Waals surface area (Å²) in [6, 6.07) is 1.80. The van der Waals surface area contributed by atoms with Gasteiger partial charge in [0.25, 0.3) is 0 Å². The summed E-state index contributed by atoms with van der Waals surface area (Å²) in [6.07, 6.45) is 8.91. The van der Waals surface area contributed by atoms with E-state index in [4.69, 9.17) is 0 Å². The Labute approximate surface area is 164 Å². The number of carbonyl (C=O) groups is 2. The van der Waals surface area contributed by atoms with Gasteiger partial charge in [-0.25, -0.2) is 9.97 Å². The van der Waals surface area contributed by atoms with E-state index in [9.17, 15) is 14.7 Å². The molecule has 1 aliphatic carbocycles. The van der Waals surface area contributed by atoms with Crippen molar-refractivity contribution in [3.8, 4) is 0 Å². The number of hydrogen-bond acceptors (Lipinski definition) is 7. The Bertz CT molecular complexity index is 715. The number of aromatic nitrogens is 2. The molecule has 2 saturated heterocycles. The molecular weight excluding hydrogens is 358 g/mol. The van der Waals surface area contributed by atoms with Crippen LogP contribution in [0, 0.1) is 11.8 Å². The zero-order valence-electron chi connectivity index (χ0n) is 16.0. The van der Waals surface area contributed by atoms with Crippen molar-refractivity contribution in [2.24, 2.45) is 11.8 Å². The van der Waals surface area contributed by atoms with E-state index in [1.54, 1.807) is 18.5 Å². The van der Waals surface area contributed by atoms with Gasteiger partial charge >= 0.3 is 0 Å². The molecule has 2 aliphatic heterocycles. The number of aliphatic hydroxyl groups excluding tert-OH is 1. The number of carbonyl (C=O) groups excluding carboxylic acids is 2. The molecule has 3 aliphatic rings. The molecular formula is C20H27N5O3. The lowest BCUT2D eigenvalue weighted by atomic mass is 9.85. The molecule has 1 aromatic rings. The van der Waals surface area contributed by atoms with Crippen molar-refractivity contribution in [1.82, 2.24) is 19.8 Å². The SMILES string of the molecule is O=C1[C@H]2CC=CC[C@H]2C(=O)N1CC(O)CN1CCCN(c2ncccn2)CC1. The van der Waals surface area contributed by atoms with Crippen LogP contribution in [0.1, 0.15) is 19.3 Å². The largest absolute Gasteiger partial charge is 0.390 e. The van der Waals surface area contributed by atoms with Crippen LogP contribution in [0.3, 0.4) is 0 Å². The zero-order chi connectivity index (χ0) is 19.5. The summed E-state index contributed by atoms with van der Waals surface area (Å²) in [6.45, 7) is 3.84. The fraction of sp³-hybridized carbons (Fsp3) is 0.600. The van der Waals surface area contributed by atoms with Crippen molar-refractivity contribution < 1.29 is 14.7 Å². The van der Waals surface area contributed by atoms with Gasteiger partial charge in [-0.3, -0.25) is 19.4 Å². The molecule has 1 unspecified atom stereocenters. The fourth-order valence-corrected chi connectivity index (χ4v) is 4.42. The van der Waals surface area contributed by atoms with Gasteiger partial charge in [-0.05, 0) is 31.9 Å². The molecule has 1 N–H and O–H groups in total. The number of aliphatic hydroxyl groups is 1. The van der Waals surface area contributed by atoms with Crippen LogP contribution in [0.2, 0.25) is 0 Å². The van der Waals surface area contributed by atoms with Crippen LogP contribution in [-0.4, -0.2) is 82.1 Å². The lowest BCUT2D eigenvalue weighted by molar-refractivity contribution is -0.141. The van der Waals surface area contributed by atoms with Crippen LogP contribution in [0.4, 0.5) is 5.95 Å². The van der Waals surface area contributed by atoms with Crippen molar-refractivity contribution in [2.75, 3.05) is 44.2 Å². The van der Waals surface area contributed by atoms with Crippen LogP contribution in [-0.2, 0) is 9.59 Å². The Kier molecular flexibility index (Phi) is 5.68. The Morgan fingerprint density at radius 2 is 1.64 bits per heavy atom. The summed E-state index contributed by atoms with van der Waals surface area (Å²) in [5, 5.41) is 10.6. The first kappa shape index (κ1) is 19.0. The highest BCUT2D eigenvalue weighted by Gasteiger charge is 2.47. The zero-order valence-corrected chi connectivity index (χ0v) is 16.0. The molecule has 0 aromatic carbocycles. The third kappa shape index (κ3) is 3.93. The second-order valence-corrected chi connectivity index (χ2v) is 7.79. The van der Waals surface area contributed by atoms with Crippen LogP contribution in [0.25, 0.3) is 0 Å². The second kappa shape index (κ2) is 8.36. The lowest BCUT2D eigenvalue weighted by Gasteiger charge is -2.26. The minimum atomic E-state index is -0.736. The van der Waals surface area contributed by atoms with E-state index in [0.717, 1.165) is 38.5 Å². The number of fused-ring (bicyclic) bond motifs is 1. The maximum atomic E-state index is 12.6. The number of rotatable bonds is 5. The third-order valence-corrected chi connectivity index (χ3v) is 5.88. The average molecular weight is 385 g/mol. The quantitative estimate of drug-likeness (QED) is 0.576. The van der Waals surface area contributed by atoms with E-state index in [0.29, 0.717) is 19.4 Å². The van der Waals surface area contributed by atoms with Crippen molar-refractivity contribution >= 4 is 17.8 Å². The summed E-state index contributed by atoms with van der Waals surface area (Å²) in [7, 11) is 0. The molecule has 8 heteroatoms. The molecule has 0 radical (unpaired) electrons. The van der Waals surface area contributed by atoms with Gasteiger partial charge < -0.3 is 10.0 Å². The monoisotopic (exact) mass is 385 g/mol. The molecule has 4 rings (SSSR count). The first-order chi connectivity index (χ1) is 13.6. The third-order valence-electron chi connectivity index (χ3n) is 5.88. The Hall–Kier alpha value is -2.32. The molecule has 0 spiro atoms. The second-order valence-electron chi connectivity index (χ2n) is 7.79. The number of anilines is 1. The number of imide groups is 1. The summed E-state index contributed by atoms with van der Waals surface area (Å²) in [5.74, 6) is 0.0161. The number of nitrogens with zero attached hydrogens (tertiary/aromatic N) is 5. The van der Waals surface area contributed by atoms with Crippen LogP contribution < -0.4 is 4.90 Å². The number of allylic oxidation sites excluding steroid dienone is 2. The molecule has 0 bridgehead atoms. The van der Waals surface area contributed by atoms with Crippen molar-refractivity contribution in [2.45, 2.75) is 25.4 Å². The van der Waals surface area contributed by atoms with E-state index in [2.05, 4.69) is 19.8 Å². The summed E-state index contributed by atoms with van der Waals surface area (Å²) in [5.41, 5.74) is 0. The van der Waals surface area contributed by atoms with E-state index >= 15 is 0 Å². The minimum Gasteiger partial charge on any atom is -0.390 e. The molecule has 28 heavy (non-hydrogen) atoms. The number of likely N-dealkylation sites (tertiary alicyclic amines) is 1. The molecule has 2 amide bonds. The summed E-state index contributed by atoms with van der Waals surface area (Å²) >= 11 is 0. The van der Waals surface area contributed by atoms with Crippen molar-refractivity contribution in [3.63, 3.8) is 0 Å². The van der Waals surface area contributed by atoms with Gasteiger partial charge in [0, 0.05) is 38.6 Å². The molecule has 0 saturated carbocycles. The summed E-state index contributed by atoms with van der Waals surface area (Å²) in [4.78, 5) is 39.4. The van der Waals surface area contributed by atoms with E-state index in [1.807, 2.05) is 12.2 Å². The molecule has 150 valence electrons. The first-order valence-corrected chi connectivity index (χ1v) is 10.1. The van der Waals surface area contributed by atoms with E-state index < -0.39 is 6.10 Å². The highest BCUT2D eigenvalue weighted by molar-refractivity contribution is 6.05. The average Bonchev–Trinajstić information content (AvgIpc) is 2.88. The van der Waals surface area contributed by atoms with Gasteiger partial charge in [0.1, 0.15) is 0 Å². The number of β-amino-alcohol motifs (C(OH)–C–C–N with tert-alkyl or cyclic N) is 1. The Morgan fingerprint density at radius 1 is 0.964 bits per heavy atom. The Morgan fingerprint density at radius 3 is 2.32 bits per heavy atom. The van der Waals surface area contributed by atoms with Crippen LogP contribution in [0.5, 0.6) is 0 Å². The fourth-order valence-electron chi connectivity index (χ4n) is 4.42. The molecule has 3 heterocycles. The van der Waals surface area contributed by atoms with Crippen LogP contribution >= 0.6 is 0 Å². The van der Waals surface area contributed by atoms with Gasteiger partial charge in [-0.15, -0.1) is 0 Å².